The molecule has 100 valence electrons. The largest absolute Gasteiger partial charge is 0.307 e. The normalized spacial score (nSPS) is 30.3. The summed E-state index contributed by atoms with van der Waals surface area (Å²) < 4.78 is 1.54. The molecular formula is C14H22N2S2. The molecule has 0 radical (unpaired) electrons. The van der Waals surface area contributed by atoms with Gasteiger partial charge in [-0.25, -0.2) is 0 Å². The third-order valence-corrected chi connectivity index (χ3v) is 6.41. The highest BCUT2D eigenvalue weighted by Gasteiger charge is 2.28. The Morgan fingerprint density at radius 1 is 1.33 bits per heavy atom. The van der Waals surface area contributed by atoms with Gasteiger partial charge in [0.05, 0.1) is 4.21 Å². The van der Waals surface area contributed by atoms with Crippen molar-refractivity contribution in [3.63, 3.8) is 0 Å². The topological polar surface area (TPSA) is 15.3 Å². The van der Waals surface area contributed by atoms with E-state index in [-0.39, 0.29) is 0 Å². The maximum atomic E-state index is 3.92. The van der Waals surface area contributed by atoms with E-state index in [4.69, 9.17) is 0 Å². The number of fused-ring (bicyclic) bond motifs is 1. The van der Waals surface area contributed by atoms with Crippen LogP contribution in [0.5, 0.6) is 0 Å². The highest BCUT2D eigenvalue weighted by atomic mass is 32.2. The SMILES string of the molecule is C[C@H]1CC(NC2CCN(C)CC2)c2ccsc2S1. The van der Waals surface area contributed by atoms with Gasteiger partial charge in [-0.3, -0.25) is 0 Å². The molecule has 1 aromatic heterocycles. The van der Waals surface area contributed by atoms with Crippen molar-refractivity contribution < 1.29 is 0 Å². The summed E-state index contributed by atoms with van der Waals surface area (Å²) in [4.78, 5) is 2.44. The predicted octanol–water partition coefficient (Wildman–Crippen LogP) is 3.36. The van der Waals surface area contributed by atoms with E-state index in [9.17, 15) is 0 Å². The molecule has 18 heavy (non-hydrogen) atoms. The molecule has 0 spiro atoms. The minimum atomic E-state index is 0.593. The number of likely N-dealkylation sites (tertiary alicyclic amines) is 1. The molecule has 2 aliphatic rings. The average Bonchev–Trinajstić information content (AvgIpc) is 2.80. The van der Waals surface area contributed by atoms with Gasteiger partial charge in [-0.1, -0.05) is 6.92 Å². The first-order valence-corrected chi connectivity index (χ1v) is 8.67. The molecule has 0 amide bonds. The predicted molar refractivity (Wildman–Crippen MR) is 80.7 cm³/mol. The molecule has 1 aromatic rings. The summed E-state index contributed by atoms with van der Waals surface area (Å²) in [5.74, 6) is 0. The van der Waals surface area contributed by atoms with Crippen LogP contribution in [-0.4, -0.2) is 36.3 Å². The van der Waals surface area contributed by atoms with Crippen molar-refractivity contribution in [1.82, 2.24) is 10.2 Å². The number of thioether (sulfide) groups is 1. The van der Waals surface area contributed by atoms with Gasteiger partial charge in [-0.15, -0.1) is 23.1 Å². The van der Waals surface area contributed by atoms with Crippen molar-refractivity contribution in [2.75, 3.05) is 20.1 Å². The molecule has 3 rings (SSSR count). The fourth-order valence-corrected chi connectivity index (χ4v) is 5.53. The van der Waals surface area contributed by atoms with Crippen molar-refractivity contribution in [3.05, 3.63) is 17.0 Å². The first-order chi connectivity index (χ1) is 8.72. The number of hydrogen-bond acceptors (Lipinski definition) is 4. The Bertz CT molecular complexity index is 396. The van der Waals surface area contributed by atoms with E-state index in [1.165, 1.54) is 32.4 Å². The molecule has 1 N–H and O–H groups in total. The van der Waals surface area contributed by atoms with Crippen LogP contribution in [0.15, 0.2) is 15.7 Å². The monoisotopic (exact) mass is 282 g/mol. The Labute approximate surface area is 118 Å². The summed E-state index contributed by atoms with van der Waals surface area (Å²) in [7, 11) is 2.23. The summed E-state index contributed by atoms with van der Waals surface area (Å²) in [6.45, 7) is 4.84. The van der Waals surface area contributed by atoms with Crippen LogP contribution in [0.3, 0.4) is 0 Å². The van der Waals surface area contributed by atoms with Crippen LogP contribution < -0.4 is 5.32 Å². The molecule has 1 saturated heterocycles. The average molecular weight is 282 g/mol. The van der Waals surface area contributed by atoms with Crippen molar-refractivity contribution in [1.29, 1.82) is 0 Å². The molecule has 0 aromatic carbocycles. The summed E-state index contributed by atoms with van der Waals surface area (Å²) >= 11 is 3.96. The molecule has 0 aliphatic carbocycles. The molecule has 0 bridgehead atoms. The maximum Gasteiger partial charge on any atom is 0.0649 e. The second-order valence-corrected chi connectivity index (χ2v) is 8.25. The smallest absolute Gasteiger partial charge is 0.0649 e. The molecule has 4 heteroatoms. The zero-order valence-corrected chi connectivity index (χ0v) is 12.8. The number of hydrogen-bond donors (Lipinski definition) is 1. The van der Waals surface area contributed by atoms with Crippen LogP contribution in [0, 0.1) is 0 Å². The first kappa shape index (κ1) is 13.0. The molecule has 2 nitrogen and oxygen atoms in total. The summed E-state index contributed by atoms with van der Waals surface area (Å²) in [5.41, 5.74) is 1.56. The molecular weight excluding hydrogens is 260 g/mol. The second kappa shape index (κ2) is 5.53. The summed E-state index contributed by atoms with van der Waals surface area (Å²) in [6, 6.07) is 3.64. The van der Waals surface area contributed by atoms with Crippen LogP contribution in [0.1, 0.15) is 37.8 Å². The van der Waals surface area contributed by atoms with Gasteiger partial charge in [-0.2, -0.15) is 0 Å². The first-order valence-electron chi connectivity index (χ1n) is 6.91. The fourth-order valence-electron chi connectivity index (χ4n) is 2.97. The third kappa shape index (κ3) is 2.77. The van der Waals surface area contributed by atoms with Gasteiger partial charge in [0.1, 0.15) is 0 Å². The minimum absolute atomic E-state index is 0.593. The standard InChI is InChI=1S/C14H22N2S2/c1-10-9-13(12-5-8-17-14(12)18-10)15-11-3-6-16(2)7-4-11/h5,8,10-11,13,15H,3-4,6-7,9H2,1-2H3/t10-,13?/m0/s1. The van der Waals surface area contributed by atoms with Gasteiger partial charge < -0.3 is 10.2 Å². The van der Waals surface area contributed by atoms with Crippen LogP contribution in [0.25, 0.3) is 0 Å². The van der Waals surface area contributed by atoms with Crippen molar-refractivity contribution in [2.24, 2.45) is 0 Å². The number of thiophene rings is 1. The highest BCUT2D eigenvalue weighted by molar-refractivity contribution is 8.01. The lowest BCUT2D eigenvalue weighted by atomic mass is 9.99. The van der Waals surface area contributed by atoms with Crippen molar-refractivity contribution in [3.8, 4) is 0 Å². The Kier molecular flexibility index (Phi) is 3.99. The van der Waals surface area contributed by atoms with E-state index < -0.39 is 0 Å². The zero-order valence-electron chi connectivity index (χ0n) is 11.2. The van der Waals surface area contributed by atoms with Gasteiger partial charge >= 0.3 is 0 Å². The number of rotatable bonds is 2. The lowest BCUT2D eigenvalue weighted by molar-refractivity contribution is 0.222. The van der Waals surface area contributed by atoms with E-state index in [1.54, 1.807) is 9.77 Å². The van der Waals surface area contributed by atoms with Crippen LogP contribution in [0.4, 0.5) is 0 Å². The van der Waals surface area contributed by atoms with Crippen LogP contribution in [0.2, 0.25) is 0 Å². The van der Waals surface area contributed by atoms with Crippen LogP contribution >= 0.6 is 23.1 Å². The zero-order chi connectivity index (χ0) is 12.5. The Morgan fingerprint density at radius 3 is 2.89 bits per heavy atom. The molecule has 2 aliphatic heterocycles. The third-order valence-electron chi connectivity index (χ3n) is 4.07. The summed E-state index contributed by atoms with van der Waals surface area (Å²) in [6.07, 6.45) is 3.88. The van der Waals surface area contributed by atoms with E-state index in [0.717, 1.165) is 5.25 Å². The molecule has 1 fully saturated rings. The lowest BCUT2D eigenvalue weighted by Crippen LogP contribution is -2.43. The number of nitrogens with zero attached hydrogens (tertiary/aromatic N) is 1. The Morgan fingerprint density at radius 2 is 2.11 bits per heavy atom. The quantitative estimate of drug-likeness (QED) is 0.895. The fraction of sp³-hybridized carbons (Fsp3) is 0.714. The van der Waals surface area contributed by atoms with Gasteiger partial charge in [0, 0.05) is 17.3 Å². The lowest BCUT2D eigenvalue weighted by Gasteiger charge is -2.35. The summed E-state index contributed by atoms with van der Waals surface area (Å²) in [5, 5.41) is 6.92. The Balaban J connectivity index is 1.66. The maximum absolute atomic E-state index is 3.92. The number of piperidine rings is 1. The van der Waals surface area contributed by atoms with E-state index >= 15 is 0 Å². The van der Waals surface area contributed by atoms with E-state index in [0.29, 0.717) is 12.1 Å². The van der Waals surface area contributed by atoms with Gasteiger partial charge in [0.2, 0.25) is 0 Å². The molecule has 2 atom stereocenters. The highest BCUT2D eigenvalue weighted by Crippen LogP contribution is 2.44. The Hall–Kier alpha value is -0.0300. The van der Waals surface area contributed by atoms with E-state index in [1.807, 2.05) is 11.3 Å². The van der Waals surface area contributed by atoms with Crippen LogP contribution in [-0.2, 0) is 0 Å². The van der Waals surface area contributed by atoms with Crippen molar-refractivity contribution >= 4 is 23.1 Å². The van der Waals surface area contributed by atoms with E-state index in [2.05, 4.69) is 47.4 Å². The van der Waals surface area contributed by atoms with Gasteiger partial charge in [0.25, 0.3) is 0 Å². The van der Waals surface area contributed by atoms with Gasteiger partial charge in [0.15, 0.2) is 0 Å². The van der Waals surface area contributed by atoms with Crippen molar-refractivity contribution in [2.45, 2.75) is 47.7 Å². The molecule has 3 heterocycles. The minimum Gasteiger partial charge on any atom is -0.307 e. The molecule has 0 saturated carbocycles. The molecule has 1 unspecified atom stereocenters. The second-order valence-electron chi connectivity index (χ2n) is 5.62. The number of nitrogens with one attached hydrogen (secondary N) is 1. The van der Waals surface area contributed by atoms with Gasteiger partial charge in [-0.05, 0) is 56.4 Å².